The summed E-state index contributed by atoms with van der Waals surface area (Å²) in [6, 6.07) is 6.06. The van der Waals surface area contributed by atoms with Crippen molar-refractivity contribution in [1.82, 2.24) is 0 Å². The highest BCUT2D eigenvalue weighted by atomic mass is 19.4. The molecule has 0 saturated carbocycles. The molecule has 81 valence electrons. The van der Waals surface area contributed by atoms with Crippen LogP contribution in [-0.2, 0) is 4.79 Å². The molecule has 1 N–H and O–H groups in total. The molecule has 1 rings (SSSR count). The third kappa shape index (κ3) is 3.88. The molecule has 0 aliphatic carbocycles. The van der Waals surface area contributed by atoms with Crippen molar-refractivity contribution in [2.45, 2.75) is 13.3 Å². The van der Waals surface area contributed by atoms with Crippen molar-refractivity contribution in [2.24, 2.45) is 0 Å². The van der Waals surface area contributed by atoms with Crippen molar-refractivity contribution in [3.05, 3.63) is 24.3 Å². The molecular weight excluding hydrogens is 211 g/mol. The Morgan fingerprint density at radius 1 is 1.53 bits per heavy atom. The van der Waals surface area contributed by atoms with E-state index < -0.39 is 18.0 Å². The number of nitrogens with one attached hydrogen (secondary N) is 1. The number of hydrogen-bond acceptors (Lipinski definition) is 2. The first-order valence-corrected chi connectivity index (χ1v) is 3.92. The van der Waals surface area contributed by atoms with E-state index in [4.69, 9.17) is 0 Å². The van der Waals surface area contributed by atoms with Crippen LogP contribution >= 0.6 is 0 Å². The lowest BCUT2D eigenvalue weighted by molar-refractivity contribution is -0.274. The smallest absolute Gasteiger partial charge is 0.404 e. The Bertz CT molecular complexity index is 363. The van der Waals surface area contributed by atoms with Gasteiger partial charge in [-0.3, -0.25) is 4.79 Å². The largest absolute Gasteiger partial charge is 0.573 e. The van der Waals surface area contributed by atoms with Gasteiger partial charge in [-0.05, 0) is 18.2 Å². The summed E-state index contributed by atoms with van der Waals surface area (Å²) in [6.45, 7) is 1.19. The van der Waals surface area contributed by atoms with Gasteiger partial charge in [-0.15, -0.1) is 13.2 Å². The monoisotopic (exact) mass is 218 g/mol. The third-order valence-electron chi connectivity index (χ3n) is 1.36. The summed E-state index contributed by atoms with van der Waals surface area (Å²) >= 11 is 0. The summed E-state index contributed by atoms with van der Waals surface area (Å²) in [5.41, 5.74) is -0.0430. The Morgan fingerprint density at radius 3 is 2.73 bits per heavy atom. The molecule has 15 heavy (non-hydrogen) atoms. The second-order valence-electron chi connectivity index (χ2n) is 2.65. The fourth-order valence-corrected chi connectivity index (χ4v) is 0.917. The number of ether oxygens (including phenoxy) is 1. The molecule has 1 radical (unpaired) electrons. The molecule has 0 bridgehead atoms. The highest BCUT2D eigenvalue weighted by Gasteiger charge is 2.32. The lowest BCUT2D eigenvalue weighted by Gasteiger charge is -2.12. The molecule has 0 aromatic heterocycles. The average molecular weight is 218 g/mol. The molecule has 0 fully saturated rings. The summed E-state index contributed by atoms with van der Waals surface area (Å²) < 4.78 is 39.4. The van der Waals surface area contributed by atoms with Crippen LogP contribution in [0.15, 0.2) is 18.2 Å². The van der Waals surface area contributed by atoms with Gasteiger partial charge < -0.3 is 10.1 Å². The second kappa shape index (κ2) is 4.20. The first-order valence-electron chi connectivity index (χ1n) is 3.92. The van der Waals surface area contributed by atoms with Gasteiger partial charge in [0.25, 0.3) is 0 Å². The quantitative estimate of drug-likeness (QED) is 0.827. The topological polar surface area (TPSA) is 38.3 Å². The van der Waals surface area contributed by atoms with Gasteiger partial charge in [0.05, 0.1) is 5.69 Å². The van der Waals surface area contributed by atoms with Crippen LogP contribution in [0.3, 0.4) is 0 Å². The van der Waals surface area contributed by atoms with Crippen LogP contribution in [0.1, 0.15) is 6.92 Å². The molecule has 6 heteroatoms. The molecule has 0 spiro atoms. The van der Waals surface area contributed by atoms with Gasteiger partial charge in [0.2, 0.25) is 5.91 Å². The van der Waals surface area contributed by atoms with Crippen molar-refractivity contribution in [2.75, 3.05) is 5.32 Å². The van der Waals surface area contributed by atoms with Crippen LogP contribution in [0.4, 0.5) is 18.9 Å². The van der Waals surface area contributed by atoms with E-state index in [9.17, 15) is 18.0 Å². The van der Waals surface area contributed by atoms with Crippen molar-refractivity contribution in [3.63, 3.8) is 0 Å². The first kappa shape index (κ1) is 11.4. The van der Waals surface area contributed by atoms with Crippen molar-refractivity contribution in [1.29, 1.82) is 0 Å². The van der Waals surface area contributed by atoms with Gasteiger partial charge in [0.15, 0.2) is 5.75 Å². The van der Waals surface area contributed by atoms with Gasteiger partial charge in [-0.25, -0.2) is 0 Å². The predicted molar refractivity (Wildman–Crippen MR) is 46.3 cm³/mol. The van der Waals surface area contributed by atoms with Crippen LogP contribution in [0.5, 0.6) is 5.75 Å². The molecule has 0 aliphatic rings. The van der Waals surface area contributed by atoms with Crippen LogP contribution in [0, 0.1) is 6.07 Å². The molecule has 0 heterocycles. The standard InChI is InChI=1S/C9H7F3NO2/c1-6(14)13-7-4-2-3-5-8(7)15-9(10,11)12/h2,4-5H,1H3,(H,13,14). The predicted octanol–water partition coefficient (Wildman–Crippen LogP) is 2.34. The van der Waals surface area contributed by atoms with Gasteiger partial charge >= 0.3 is 6.36 Å². The van der Waals surface area contributed by atoms with E-state index in [0.29, 0.717) is 0 Å². The zero-order valence-corrected chi connectivity index (χ0v) is 7.68. The number of anilines is 1. The summed E-state index contributed by atoms with van der Waals surface area (Å²) in [5, 5.41) is 2.21. The number of benzene rings is 1. The average Bonchev–Trinajstić information content (AvgIpc) is 2.05. The Morgan fingerprint density at radius 2 is 2.20 bits per heavy atom. The third-order valence-corrected chi connectivity index (χ3v) is 1.36. The second-order valence-corrected chi connectivity index (χ2v) is 2.65. The minimum Gasteiger partial charge on any atom is -0.404 e. The highest BCUT2D eigenvalue weighted by molar-refractivity contribution is 5.90. The molecule has 0 saturated heterocycles. The summed E-state index contributed by atoms with van der Waals surface area (Å²) in [7, 11) is 0. The number of hydrogen-bond donors (Lipinski definition) is 1. The molecule has 1 aromatic carbocycles. The summed E-state index contributed by atoms with van der Waals surface area (Å²) in [6.07, 6.45) is -4.79. The molecule has 1 aromatic rings. The van der Waals surface area contributed by atoms with E-state index in [1.165, 1.54) is 19.1 Å². The maximum absolute atomic E-state index is 11.9. The maximum atomic E-state index is 11.9. The molecule has 0 aliphatic heterocycles. The Labute approximate surface area is 83.8 Å². The molecule has 1 amide bonds. The summed E-state index contributed by atoms with van der Waals surface area (Å²) in [5.74, 6) is -0.964. The van der Waals surface area contributed by atoms with E-state index in [1.54, 1.807) is 0 Å². The zero-order chi connectivity index (χ0) is 11.5. The van der Waals surface area contributed by atoms with Gasteiger partial charge in [-0.1, -0.05) is 6.07 Å². The molecule has 3 nitrogen and oxygen atoms in total. The minimum atomic E-state index is -4.79. The number of carbonyl (C=O) groups excluding carboxylic acids is 1. The fraction of sp³-hybridized carbons (Fsp3) is 0.222. The van der Waals surface area contributed by atoms with E-state index in [1.807, 2.05) is 0 Å². The van der Waals surface area contributed by atoms with E-state index >= 15 is 0 Å². The van der Waals surface area contributed by atoms with Crippen LogP contribution in [-0.4, -0.2) is 12.3 Å². The van der Waals surface area contributed by atoms with Crippen molar-refractivity contribution < 1.29 is 22.7 Å². The maximum Gasteiger partial charge on any atom is 0.573 e. The fourth-order valence-electron chi connectivity index (χ4n) is 0.917. The number of carbonyl (C=O) groups is 1. The van der Waals surface area contributed by atoms with Gasteiger partial charge in [-0.2, -0.15) is 0 Å². The number of amides is 1. The molecule has 0 unspecified atom stereocenters. The van der Waals surface area contributed by atoms with E-state index in [2.05, 4.69) is 16.1 Å². The SMILES string of the molecule is CC(=O)Nc1cc[c]cc1OC(F)(F)F. The normalized spacial score (nSPS) is 10.9. The van der Waals surface area contributed by atoms with Gasteiger partial charge in [0.1, 0.15) is 0 Å². The van der Waals surface area contributed by atoms with Crippen LogP contribution < -0.4 is 10.1 Å². The van der Waals surface area contributed by atoms with E-state index in [0.717, 1.165) is 6.07 Å². The highest BCUT2D eigenvalue weighted by Crippen LogP contribution is 2.29. The first-order chi connectivity index (χ1) is 6.88. The lowest BCUT2D eigenvalue weighted by atomic mass is 10.3. The number of rotatable bonds is 2. The zero-order valence-electron chi connectivity index (χ0n) is 7.68. The van der Waals surface area contributed by atoms with Crippen LogP contribution in [0.25, 0.3) is 0 Å². The van der Waals surface area contributed by atoms with Crippen LogP contribution in [0.2, 0.25) is 0 Å². The minimum absolute atomic E-state index is 0.0430. The van der Waals surface area contributed by atoms with E-state index in [-0.39, 0.29) is 5.69 Å². The van der Waals surface area contributed by atoms with Crippen molar-refractivity contribution in [3.8, 4) is 5.75 Å². The molecular formula is C9H7F3NO2. The Balaban J connectivity index is 2.91. The van der Waals surface area contributed by atoms with Gasteiger partial charge in [0, 0.05) is 6.92 Å². The summed E-state index contributed by atoms with van der Waals surface area (Å²) in [4.78, 5) is 10.7. The lowest BCUT2D eigenvalue weighted by Crippen LogP contribution is -2.18. The Hall–Kier alpha value is -1.72. The number of alkyl halides is 3. The molecule has 0 atom stereocenters. The number of halogens is 3. The van der Waals surface area contributed by atoms with Crippen molar-refractivity contribution >= 4 is 11.6 Å². The Kier molecular flexibility index (Phi) is 3.18.